The number of hydrogen-bond acceptors (Lipinski definition) is 8. The number of carbonyl (C=O) groups is 2. The highest BCUT2D eigenvalue weighted by Crippen LogP contribution is 2.43. The van der Waals surface area contributed by atoms with E-state index in [0.717, 1.165) is 33.2 Å². The lowest BCUT2D eigenvalue weighted by Crippen LogP contribution is -2.37. The zero-order valence-electron chi connectivity index (χ0n) is 23.0. The molecule has 2 aromatic rings. The second-order valence-electron chi connectivity index (χ2n) is 11.2. The first-order chi connectivity index (χ1) is 17.3. The van der Waals surface area contributed by atoms with E-state index in [2.05, 4.69) is 43.1 Å². The van der Waals surface area contributed by atoms with Crippen molar-refractivity contribution in [3.05, 3.63) is 29.4 Å². The van der Waals surface area contributed by atoms with Crippen molar-refractivity contribution in [1.82, 2.24) is 15.0 Å². The molecule has 3 N–H and O–H groups in total. The summed E-state index contributed by atoms with van der Waals surface area (Å²) in [6.45, 7) is 15.8. The fraction of sp³-hybridized carbons (Fsp3) is 0.593. The Morgan fingerprint density at radius 1 is 1.08 bits per heavy atom. The minimum atomic E-state index is -0.474. The molecule has 1 saturated carbocycles. The van der Waals surface area contributed by atoms with Gasteiger partial charge in [0.2, 0.25) is 0 Å². The fourth-order valence-electron chi connectivity index (χ4n) is 4.11. The minimum Gasteiger partial charge on any atom is -0.447 e. The summed E-state index contributed by atoms with van der Waals surface area (Å²) < 4.78 is 14.0. The maximum atomic E-state index is 12.1. The molecular formula is C27H40N4O4S2. The third-order valence-electron chi connectivity index (χ3n) is 5.70. The van der Waals surface area contributed by atoms with Crippen LogP contribution in [-0.2, 0) is 9.47 Å². The van der Waals surface area contributed by atoms with Gasteiger partial charge in [-0.25, -0.2) is 14.6 Å². The highest BCUT2D eigenvalue weighted by Gasteiger charge is 2.35. The van der Waals surface area contributed by atoms with Gasteiger partial charge in [0.25, 0.3) is 0 Å². The van der Waals surface area contributed by atoms with Crippen molar-refractivity contribution in [2.75, 3.05) is 5.32 Å². The third kappa shape index (κ3) is 8.90. The number of nitrogens with zero attached hydrogens (tertiary/aromatic N) is 1. The zero-order chi connectivity index (χ0) is 27.3. The Hall–Kier alpha value is -2.30. The molecule has 0 saturated heterocycles. The Balaban J connectivity index is 1.78. The number of thiazole rings is 1. The standard InChI is InChI=1S/C27H40N4O4S2/c1-15(2)34-25(32)29-19-9-10-20(22(13-19)37-31-27(6,7)8)23-14-28-24(36-23)18-11-17(5)21(12-18)30-26(33)35-16(3)4/h9-10,13-18,21,31H,11-12H2,1-8H3,(H,29,32)(H,30,33). The predicted octanol–water partition coefficient (Wildman–Crippen LogP) is 7.18. The lowest BCUT2D eigenvalue weighted by atomic mass is 10.1. The summed E-state index contributed by atoms with van der Waals surface area (Å²) in [4.78, 5) is 31.1. The summed E-state index contributed by atoms with van der Waals surface area (Å²) in [6, 6.07) is 5.92. The van der Waals surface area contributed by atoms with Gasteiger partial charge in [-0.3, -0.25) is 10.0 Å². The van der Waals surface area contributed by atoms with Gasteiger partial charge in [-0.05, 0) is 91.3 Å². The zero-order valence-corrected chi connectivity index (χ0v) is 24.6. The third-order valence-corrected chi connectivity index (χ3v) is 8.17. The highest BCUT2D eigenvalue weighted by atomic mass is 32.2. The summed E-state index contributed by atoms with van der Waals surface area (Å²) in [6.07, 6.45) is 2.57. The molecule has 1 aromatic carbocycles. The van der Waals surface area contributed by atoms with E-state index in [9.17, 15) is 9.59 Å². The van der Waals surface area contributed by atoms with E-state index in [0.29, 0.717) is 11.6 Å². The summed E-state index contributed by atoms with van der Waals surface area (Å²) >= 11 is 3.22. The Morgan fingerprint density at radius 2 is 1.76 bits per heavy atom. The Bertz CT molecular complexity index is 1080. The van der Waals surface area contributed by atoms with Crippen molar-refractivity contribution in [3.8, 4) is 10.4 Å². The number of ether oxygens (including phenoxy) is 2. The molecule has 3 unspecified atom stereocenters. The summed E-state index contributed by atoms with van der Waals surface area (Å²) in [5.74, 6) is 0.628. The van der Waals surface area contributed by atoms with E-state index in [1.54, 1.807) is 11.3 Å². The number of anilines is 1. The van der Waals surface area contributed by atoms with Crippen molar-refractivity contribution in [2.24, 2.45) is 5.92 Å². The van der Waals surface area contributed by atoms with E-state index in [1.807, 2.05) is 52.1 Å². The van der Waals surface area contributed by atoms with E-state index < -0.39 is 6.09 Å². The van der Waals surface area contributed by atoms with Crippen molar-refractivity contribution in [1.29, 1.82) is 0 Å². The molecule has 0 aliphatic heterocycles. The molecule has 8 nitrogen and oxygen atoms in total. The van der Waals surface area contributed by atoms with E-state index in [-0.39, 0.29) is 35.8 Å². The van der Waals surface area contributed by atoms with E-state index >= 15 is 0 Å². The van der Waals surface area contributed by atoms with Crippen LogP contribution in [0.25, 0.3) is 10.4 Å². The van der Waals surface area contributed by atoms with Gasteiger partial charge >= 0.3 is 12.2 Å². The van der Waals surface area contributed by atoms with Gasteiger partial charge in [0.05, 0.1) is 22.1 Å². The smallest absolute Gasteiger partial charge is 0.411 e. The maximum Gasteiger partial charge on any atom is 0.411 e. The molecule has 204 valence electrons. The van der Waals surface area contributed by atoms with Gasteiger partial charge in [-0.1, -0.05) is 13.0 Å². The number of aromatic nitrogens is 1. The monoisotopic (exact) mass is 548 g/mol. The lowest BCUT2D eigenvalue weighted by molar-refractivity contribution is 0.110. The Morgan fingerprint density at radius 3 is 2.41 bits per heavy atom. The van der Waals surface area contributed by atoms with Crippen molar-refractivity contribution in [2.45, 2.75) is 103 Å². The van der Waals surface area contributed by atoms with Gasteiger partial charge in [0.15, 0.2) is 0 Å². The number of nitrogens with one attached hydrogen (secondary N) is 3. The molecule has 10 heteroatoms. The second kappa shape index (κ2) is 12.5. The molecule has 1 fully saturated rings. The quantitative estimate of drug-likeness (QED) is 0.300. The molecule has 0 bridgehead atoms. The van der Waals surface area contributed by atoms with Crippen LogP contribution in [0.5, 0.6) is 0 Å². The highest BCUT2D eigenvalue weighted by molar-refractivity contribution is 7.97. The molecule has 2 amide bonds. The van der Waals surface area contributed by atoms with Crippen LogP contribution in [-0.4, -0.2) is 41.0 Å². The molecule has 1 heterocycles. The van der Waals surface area contributed by atoms with Crippen LogP contribution >= 0.6 is 23.3 Å². The number of rotatable bonds is 8. The van der Waals surface area contributed by atoms with E-state index in [4.69, 9.17) is 14.5 Å². The molecule has 3 atom stereocenters. The number of alkyl carbamates (subject to hydrolysis) is 1. The summed E-state index contributed by atoms with van der Waals surface area (Å²) in [7, 11) is 0. The first-order valence-electron chi connectivity index (χ1n) is 12.8. The largest absolute Gasteiger partial charge is 0.447 e. The number of hydrogen-bond donors (Lipinski definition) is 3. The average molecular weight is 549 g/mol. The van der Waals surface area contributed by atoms with Gasteiger partial charge in [-0.15, -0.1) is 11.3 Å². The molecule has 3 rings (SSSR count). The van der Waals surface area contributed by atoms with Crippen LogP contribution in [0, 0.1) is 5.92 Å². The summed E-state index contributed by atoms with van der Waals surface area (Å²) in [5, 5.41) is 6.92. The SMILES string of the molecule is CC(C)OC(=O)Nc1ccc(-c2cnc(C3CC(C)C(NC(=O)OC(C)C)C3)s2)c(SNC(C)(C)C)c1. The number of benzene rings is 1. The van der Waals surface area contributed by atoms with Crippen molar-refractivity contribution >= 4 is 41.2 Å². The predicted molar refractivity (Wildman–Crippen MR) is 151 cm³/mol. The van der Waals surface area contributed by atoms with Crippen LogP contribution in [0.2, 0.25) is 0 Å². The molecule has 37 heavy (non-hydrogen) atoms. The lowest BCUT2D eigenvalue weighted by Gasteiger charge is -2.21. The molecule has 1 aliphatic carbocycles. The van der Waals surface area contributed by atoms with Gasteiger partial charge in [0, 0.05) is 39.8 Å². The van der Waals surface area contributed by atoms with Crippen LogP contribution in [0.15, 0.2) is 29.3 Å². The first-order valence-corrected chi connectivity index (χ1v) is 14.4. The second-order valence-corrected chi connectivity index (χ2v) is 13.1. The van der Waals surface area contributed by atoms with Gasteiger partial charge < -0.3 is 14.8 Å². The van der Waals surface area contributed by atoms with Gasteiger partial charge in [-0.2, -0.15) is 0 Å². The molecule has 1 aromatic heterocycles. The Kier molecular flexibility index (Phi) is 9.88. The van der Waals surface area contributed by atoms with Crippen LogP contribution < -0.4 is 15.4 Å². The van der Waals surface area contributed by atoms with Crippen LogP contribution in [0.3, 0.4) is 0 Å². The van der Waals surface area contributed by atoms with Crippen molar-refractivity contribution in [3.63, 3.8) is 0 Å². The van der Waals surface area contributed by atoms with Crippen LogP contribution in [0.4, 0.5) is 15.3 Å². The first kappa shape index (κ1) is 29.3. The van der Waals surface area contributed by atoms with Crippen LogP contribution in [0.1, 0.15) is 79.2 Å². The molecule has 0 spiro atoms. The Labute approximate surface area is 228 Å². The molecular weight excluding hydrogens is 508 g/mol. The normalized spacial score (nSPS) is 19.8. The van der Waals surface area contributed by atoms with E-state index in [1.165, 1.54) is 11.9 Å². The maximum absolute atomic E-state index is 12.1. The minimum absolute atomic E-state index is 0.0710. The molecule has 1 aliphatic rings. The topological polar surface area (TPSA) is 102 Å². The fourth-order valence-corrected chi connectivity index (χ4v) is 6.15. The molecule has 0 radical (unpaired) electrons. The van der Waals surface area contributed by atoms with Crippen molar-refractivity contribution < 1.29 is 19.1 Å². The van der Waals surface area contributed by atoms with Gasteiger partial charge in [0.1, 0.15) is 0 Å². The summed E-state index contributed by atoms with van der Waals surface area (Å²) in [5.41, 5.74) is 1.62. The average Bonchev–Trinajstić information content (AvgIpc) is 3.38. The number of carbonyl (C=O) groups excluding carboxylic acids is 2. The number of amides is 2.